The molecular formula is C13H19ClOS. The summed E-state index contributed by atoms with van der Waals surface area (Å²) in [6.45, 7) is 4.07. The van der Waals surface area contributed by atoms with Crippen LogP contribution in [-0.2, 0) is 5.75 Å². The Kier molecular flexibility index (Phi) is 5.67. The van der Waals surface area contributed by atoms with Gasteiger partial charge in [-0.15, -0.1) is 0 Å². The average molecular weight is 259 g/mol. The normalized spacial score (nSPS) is 11.8. The molecule has 0 saturated heterocycles. The maximum absolute atomic E-state index is 10.1. The minimum absolute atomic E-state index is 0.503. The lowest BCUT2D eigenvalue weighted by molar-refractivity contribution is 0.0572. The molecule has 3 heteroatoms. The smallest absolute Gasteiger partial charge is 0.0732 e. The van der Waals surface area contributed by atoms with Crippen LogP contribution in [0.15, 0.2) is 24.3 Å². The topological polar surface area (TPSA) is 20.2 Å². The zero-order valence-electron chi connectivity index (χ0n) is 9.87. The SMILES string of the molecule is CCC(O)(CC)CSCc1ccc(Cl)cc1. The molecule has 0 aliphatic heterocycles. The Morgan fingerprint density at radius 2 is 1.75 bits per heavy atom. The minimum atomic E-state index is -0.503. The monoisotopic (exact) mass is 258 g/mol. The standard InChI is InChI=1S/C13H19ClOS/c1-3-13(15,4-2)10-16-9-11-5-7-12(14)8-6-11/h5-8,15H,3-4,9-10H2,1-2H3. The molecule has 1 nitrogen and oxygen atoms in total. The van der Waals surface area contributed by atoms with Crippen LogP contribution in [0.4, 0.5) is 0 Å². The highest BCUT2D eigenvalue weighted by molar-refractivity contribution is 7.98. The lowest BCUT2D eigenvalue weighted by Gasteiger charge is -2.24. The average Bonchev–Trinajstić information content (AvgIpc) is 2.31. The first kappa shape index (κ1) is 13.9. The third kappa shape index (κ3) is 4.36. The molecule has 1 rings (SSSR count). The van der Waals surface area contributed by atoms with Gasteiger partial charge in [0.2, 0.25) is 0 Å². The zero-order valence-corrected chi connectivity index (χ0v) is 11.4. The van der Waals surface area contributed by atoms with Gasteiger partial charge in [-0.1, -0.05) is 37.6 Å². The molecule has 0 unspecified atom stereocenters. The van der Waals surface area contributed by atoms with Gasteiger partial charge in [-0.2, -0.15) is 11.8 Å². The van der Waals surface area contributed by atoms with Gasteiger partial charge in [0.25, 0.3) is 0 Å². The maximum atomic E-state index is 10.1. The number of halogens is 1. The molecule has 0 amide bonds. The highest BCUT2D eigenvalue weighted by Crippen LogP contribution is 2.23. The van der Waals surface area contributed by atoms with E-state index in [1.54, 1.807) is 11.8 Å². The molecule has 0 radical (unpaired) electrons. The van der Waals surface area contributed by atoms with Crippen LogP contribution in [0.3, 0.4) is 0 Å². The largest absolute Gasteiger partial charge is 0.389 e. The zero-order chi connectivity index (χ0) is 12.0. The van der Waals surface area contributed by atoms with Gasteiger partial charge in [-0.25, -0.2) is 0 Å². The van der Waals surface area contributed by atoms with Crippen LogP contribution in [0.1, 0.15) is 32.3 Å². The van der Waals surface area contributed by atoms with Gasteiger partial charge in [-0.3, -0.25) is 0 Å². The molecule has 16 heavy (non-hydrogen) atoms. The summed E-state index contributed by atoms with van der Waals surface area (Å²) in [5, 5.41) is 10.9. The second kappa shape index (κ2) is 6.53. The van der Waals surface area contributed by atoms with E-state index in [9.17, 15) is 5.11 Å². The van der Waals surface area contributed by atoms with E-state index in [2.05, 4.69) is 0 Å². The molecule has 90 valence electrons. The highest BCUT2D eigenvalue weighted by Gasteiger charge is 2.21. The second-order valence-corrected chi connectivity index (χ2v) is 5.47. The van der Waals surface area contributed by atoms with Crippen molar-refractivity contribution in [3.8, 4) is 0 Å². The fraction of sp³-hybridized carbons (Fsp3) is 0.538. The first-order valence-electron chi connectivity index (χ1n) is 5.64. The van der Waals surface area contributed by atoms with Crippen molar-refractivity contribution in [2.75, 3.05) is 5.75 Å². The fourth-order valence-electron chi connectivity index (χ4n) is 1.39. The Hall–Kier alpha value is -0.180. The maximum Gasteiger partial charge on any atom is 0.0732 e. The minimum Gasteiger partial charge on any atom is -0.389 e. The number of aliphatic hydroxyl groups is 1. The van der Waals surface area contributed by atoms with E-state index < -0.39 is 5.60 Å². The van der Waals surface area contributed by atoms with Gasteiger partial charge in [0.15, 0.2) is 0 Å². The molecule has 0 aliphatic carbocycles. The Bertz CT molecular complexity index is 306. The van der Waals surface area contributed by atoms with Crippen molar-refractivity contribution in [3.05, 3.63) is 34.9 Å². The van der Waals surface area contributed by atoms with Crippen LogP contribution in [0.25, 0.3) is 0 Å². The summed E-state index contributed by atoms with van der Waals surface area (Å²) in [4.78, 5) is 0. The van der Waals surface area contributed by atoms with E-state index in [0.717, 1.165) is 29.4 Å². The van der Waals surface area contributed by atoms with Gasteiger partial charge >= 0.3 is 0 Å². The van der Waals surface area contributed by atoms with Gasteiger partial charge in [-0.05, 0) is 30.5 Å². The van der Waals surface area contributed by atoms with E-state index in [-0.39, 0.29) is 0 Å². The number of rotatable bonds is 6. The first-order valence-corrected chi connectivity index (χ1v) is 7.17. The van der Waals surface area contributed by atoms with Crippen molar-refractivity contribution in [3.63, 3.8) is 0 Å². The van der Waals surface area contributed by atoms with Crippen molar-refractivity contribution in [1.82, 2.24) is 0 Å². The summed E-state index contributed by atoms with van der Waals surface area (Å²) in [6, 6.07) is 7.88. The molecule has 0 spiro atoms. The van der Waals surface area contributed by atoms with E-state index >= 15 is 0 Å². The lowest BCUT2D eigenvalue weighted by Crippen LogP contribution is -2.29. The molecule has 0 bridgehead atoms. The molecule has 1 aromatic rings. The summed E-state index contributed by atoms with van der Waals surface area (Å²) in [7, 11) is 0. The predicted molar refractivity (Wildman–Crippen MR) is 73.1 cm³/mol. The lowest BCUT2D eigenvalue weighted by atomic mass is 10.0. The molecule has 0 atom stereocenters. The number of hydrogen-bond donors (Lipinski definition) is 1. The molecule has 0 aliphatic rings. The molecule has 0 saturated carbocycles. The van der Waals surface area contributed by atoms with Crippen LogP contribution < -0.4 is 0 Å². The number of thioether (sulfide) groups is 1. The van der Waals surface area contributed by atoms with Crippen molar-refractivity contribution in [2.45, 2.75) is 38.0 Å². The van der Waals surface area contributed by atoms with E-state index in [0.29, 0.717) is 0 Å². The first-order chi connectivity index (χ1) is 7.59. The Morgan fingerprint density at radius 1 is 1.19 bits per heavy atom. The van der Waals surface area contributed by atoms with Crippen LogP contribution >= 0.6 is 23.4 Å². The Morgan fingerprint density at radius 3 is 2.25 bits per heavy atom. The Labute approximate surface area is 107 Å². The summed E-state index contributed by atoms with van der Waals surface area (Å²) < 4.78 is 0. The van der Waals surface area contributed by atoms with Gasteiger partial charge < -0.3 is 5.11 Å². The second-order valence-electron chi connectivity index (χ2n) is 4.05. The predicted octanol–water partition coefficient (Wildman–Crippen LogP) is 4.12. The highest BCUT2D eigenvalue weighted by atomic mass is 35.5. The van der Waals surface area contributed by atoms with E-state index in [1.807, 2.05) is 38.1 Å². The summed E-state index contributed by atoms with van der Waals surface area (Å²) in [6.07, 6.45) is 1.63. The fourth-order valence-corrected chi connectivity index (χ4v) is 2.84. The van der Waals surface area contributed by atoms with Crippen LogP contribution in [0, 0.1) is 0 Å². The number of benzene rings is 1. The van der Waals surface area contributed by atoms with E-state index in [4.69, 9.17) is 11.6 Å². The summed E-state index contributed by atoms with van der Waals surface area (Å²) in [5.41, 5.74) is 0.751. The summed E-state index contributed by atoms with van der Waals surface area (Å²) >= 11 is 7.59. The molecule has 0 heterocycles. The van der Waals surface area contributed by atoms with Crippen LogP contribution in [0.2, 0.25) is 5.02 Å². The molecule has 1 aromatic carbocycles. The third-order valence-corrected chi connectivity index (χ3v) is 4.40. The molecule has 0 aromatic heterocycles. The molecular weight excluding hydrogens is 240 g/mol. The third-order valence-electron chi connectivity index (χ3n) is 2.87. The van der Waals surface area contributed by atoms with Gasteiger partial charge in [0, 0.05) is 16.5 Å². The van der Waals surface area contributed by atoms with E-state index in [1.165, 1.54) is 5.56 Å². The van der Waals surface area contributed by atoms with Crippen LogP contribution in [-0.4, -0.2) is 16.5 Å². The quantitative estimate of drug-likeness (QED) is 0.828. The van der Waals surface area contributed by atoms with Crippen molar-refractivity contribution in [1.29, 1.82) is 0 Å². The van der Waals surface area contributed by atoms with Gasteiger partial charge in [0.1, 0.15) is 0 Å². The molecule has 1 N–H and O–H groups in total. The Balaban J connectivity index is 2.38. The van der Waals surface area contributed by atoms with Crippen molar-refractivity contribution >= 4 is 23.4 Å². The summed E-state index contributed by atoms with van der Waals surface area (Å²) in [5.74, 6) is 1.72. The number of hydrogen-bond acceptors (Lipinski definition) is 2. The van der Waals surface area contributed by atoms with Crippen molar-refractivity contribution < 1.29 is 5.11 Å². The molecule has 0 fully saturated rings. The van der Waals surface area contributed by atoms with Crippen molar-refractivity contribution in [2.24, 2.45) is 0 Å². The van der Waals surface area contributed by atoms with Crippen LogP contribution in [0.5, 0.6) is 0 Å². The van der Waals surface area contributed by atoms with Gasteiger partial charge in [0.05, 0.1) is 5.60 Å².